The maximum Gasteiger partial charge on any atom is 0.214 e. The molecule has 0 spiro atoms. The summed E-state index contributed by atoms with van der Waals surface area (Å²) in [6.07, 6.45) is 2.29. The highest BCUT2D eigenvalue weighted by atomic mass is 32.2. The molecule has 220 valence electrons. The third-order valence-electron chi connectivity index (χ3n) is 5.73. The van der Waals surface area contributed by atoms with Gasteiger partial charge in [-0.05, 0) is 49.9 Å². The summed E-state index contributed by atoms with van der Waals surface area (Å²) in [5, 5.41) is 13.0. The van der Waals surface area contributed by atoms with Crippen molar-refractivity contribution in [2.24, 2.45) is 4.99 Å². The lowest BCUT2D eigenvalue weighted by molar-refractivity contribution is -0.114. The highest BCUT2D eigenvalue weighted by Crippen LogP contribution is 2.35. The molecule has 1 amide bonds. The zero-order valence-corrected chi connectivity index (χ0v) is 25.6. The first-order valence-electron chi connectivity index (χ1n) is 13.8. The van der Waals surface area contributed by atoms with Gasteiger partial charge in [0.1, 0.15) is 17.4 Å². The van der Waals surface area contributed by atoms with Gasteiger partial charge in [0.15, 0.2) is 11.6 Å². The number of aryl methyl sites for hydroxylation is 1. The third-order valence-corrected chi connectivity index (χ3v) is 6.61. The second-order valence-electron chi connectivity index (χ2n) is 8.28. The molecule has 2 N–H and O–H groups in total. The predicted molar refractivity (Wildman–Crippen MR) is 165 cm³/mol. The first-order chi connectivity index (χ1) is 19.4. The van der Waals surface area contributed by atoms with Crippen LogP contribution in [-0.2, 0) is 4.79 Å². The Morgan fingerprint density at radius 2 is 1.93 bits per heavy atom. The molecule has 0 saturated carbocycles. The minimum absolute atomic E-state index is 0.0814. The number of hydrogen-bond acceptors (Lipinski definition) is 9. The van der Waals surface area contributed by atoms with Crippen LogP contribution in [0, 0.1) is 24.1 Å². The number of amides is 1. The Bertz CT molecular complexity index is 1100. The average molecular weight is 574 g/mol. The smallest absolute Gasteiger partial charge is 0.214 e. The quantitative estimate of drug-likeness (QED) is 0.142. The zero-order valence-electron chi connectivity index (χ0n) is 24.8. The lowest BCUT2D eigenvalue weighted by atomic mass is 10.1. The first-order valence-corrected chi connectivity index (χ1v) is 14.6. The average Bonchev–Trinajstić information content (AvgIpc) is 3.00. The van der Waals surface area contributed by atoms with Crippen molar-refractivity contribution in [2.45, 2.75) is 41.5 Å². The molecule has 0 unspecified atom stereocenters. The van der Waals surface area contributed by atoms with Gasteiger partial charge in [0.05, 0.1) is 17.7 Å². The number of halogens is 1. The Hall–Kier alpha value is -3.17. The van der Waals surface area contributed by atoms with E-state index in [1.54, 1.807) is 18.2 Å². The molecule has 9 nitrogen and oxygen atoms in total. The van der Waals surface area contributed by atoms with Crippen molar-refractivity contribution in [1.82, 2.24) is 19.4 Å². The molecule has 1 heterocycles. The van der Waals surface area contributed by atoms with E-state index < -0.39 is 5.82 Å². The molecule has 0 radical (unpaired) electrons. The molecule has 0 atom stereocenters. The van der Waals surface area contributed by atoms with Crippen LogP contribution in [0.1, 0.15) is 45.7 Å². The summed E-state index contributed by atoms with van der Waals surface area (Å²) >= 11 is 1.31. The monoisotopic (exact) mass is 573 g/mol. The molecule has 1 saturated heterocycles. The van der Waals surface area contributed by atoms with Gasteiger partial charge >= 0.3 is 0 Å². The van der Waals surface area contributed by atoms with Crippen molar-refractivity contribution in [3.63, 3.8) is 0 Å². The van der Waals surface area contributed by atoms with Crippen molar-refractivity contribution in [2.75, 3.05) is 57.6 Å². The summed E-state index contributed by atoms with van der Waals surface area (Å²) in [5.41, 5.74) is 1.99. The second kappa shape index (κ2) is 19.8. The number of hydrogen-bond donors (Lipinski definition) is 2. The van der Waals surface area contributed by atoms with E-state index in [1.807, 2.05) is 59.0 Å². The maximum atomic E-state index is 14.6. The van der Waals surface area contributed by atoms with Gasteiger partial charge in [-0.2, -0.15) is 5.26 Å². The predicted octanol–water partition coefficient (Wildman–Crippen LogP) is 5.80. The van der Waals surface area contributed by atoms with Crippen LogP contribution in [0.25, 0.3) is 0 Å². The lowest BCUT2D eigenvalue weighted by Crippen LogP contribution is -2.46. The van der Waals surface area contributed by atoms with Gasteiger partial charge in [-0.3, -0.25) is 9.69 Å². The van der Waals surface area contributed by atoms with Crippen molar-refractivity contribution in [1.29, 1.82) is 5.26 Å². The molecule has 1 fully saturated rings. The van der Waals surface area contributed by atoms with Crippen molar-refractivity contribution in [3.8, 4) is 17.6 Å². The van der Waals surface area contributed by atoms with Crippen LogP contribution < -0.4 is 14.8 Å². The molecular formula is C29H44FN7O2S. The van der Waals surface area contributed by atoms with Gasteiger partial charge in [-0.15, -0.1) is 0 Å². The number of rotatable bonds is 12. The van der Waals surface area contributed by atoms with E-state index in [2.05, 4.69) is 19.9 Å². The van der Waals surface area contributed by atoms with Crippen molar-refractivity contribution < 1.29 is 13.9 Å². The molecule has 0 bridgehead atoms. The summed E-state index contributed by atoms with van der Waals surface area (Å²) in [5.74, 6) is -0.391. The Morgan fingerprint density at radius 1 is 1.23 bits per heavy atom. The summed E-state index contributed by atoms with van der Waals surface area (Å²) in [7, 11) is 1.90. The normalized spacial score (nSPS) is 13.0. The van der Waals surface area contributed by atoms with E-state index in [0.29, 0.717) is 23.7 Å². The van der Waals surface area contributed by atoms with E-state index in [9.17, 15) is 14.4 Å². The summed E-state index contributed by atoms with van der Waals surface area (Å²) < 4.78 is 25.4. The Kier molecular flexibility index (Phi) is 17.3. The van der Waals surface area contributed by atoms with Crippen LogP contribution in [0.5, 0.6) is 11.5 Å². The number of benzene rings is 2. The minimum Gasteiger partial charge on any atom is -0.453 e. The molecule has 3 rings (SSSR count). The van der Waals surface area contributed by atoms with Crippen molar-refractivity contribution in [3.05, 3.63) is 47.3 Å². The second-order valence-corrected chi connectivity index (χ2v) is 9.29. The molecular weight excluding hydrogens is 529 g/mol. The van der Waals surface area contributed by atoms with Crippen LogP contribution >= 0.6 is 12.1 Å². The number of ether oxygens (including phenoxy) is 1. The van der Waals surface area contributed by atoms with Crippen LogP contribution in [0.2, 0.25) is 0 Å². The number of aliphatic imine (C=N–C) groups is 1. The van der Waals surface area contributed by atoms with Gasteiger partial charge in [-0.1, -0.05) is 34.6 Å². The number of carbonyl (C=O) groups excluding carboxylic acids is 1. The molecule has 1 aliphatic heterocycles. The molecule has 0 aromatic heterocycles. The summed E-state index contributed by atoms with van der Waals surface area (Å²) in [4.78, 5) is 19.7. The van der Waals surface area contributed by atoms with E-state index >= 15 is 0 Å². The Morgan fingerprint density at radius 3 is 2.52 bits per heavy atom. The fourth-order valence-corrected chi connectivity index (χ4v) is 4.02. The Labute approximate surface area is 243 Å². The van der Waals surface area contributed by atoms with E-state index in [4.69, 9.17) is 4.74 Å². The lowest BCUT2D eigenvalue weighted by Gasteiger charge is -2.28. The van der Waals surface area contributed by atoms with E-state index in [-0.39, 0.29) is 11.3 Å². The standard InChI is InChI=1S/C25H32FN7O2S.2C2H6/c1-4-31(3)36-30-24-8-6-22(26)25(21(24)16-27)35-20-5-7-23(19(2)15-20)29-17-33(18-34)14-13-32-11-9-28-10-12-32;2*1-2/h5-8,15,17-18,28,30H,4,9-14H2,1-3H3;2*1-2H3. The van der Waals surface area contributed by atoms with Gasteiger partial charge in [0, 0.05) is 57.9 Å². The summed E-state index contributed by atoms with van der Waals surface area (Å²) in [6, 6.07) is 9.94. The zero-order chi connectivity index (χ0) is 29.9. The summed E-state index contributed by atoms with van der Waals surface area (Å²) in [6.45, 7) is 17.8. The number of nitrogens with one attached hydrogen (secondary N) is 2. The molecule has 11 heteroatoms. The highest BCUT2D eigenvalue weighted by molar-refractivity contribution is 7.98. The Balaban J connectivity index is 0.00000191. The van der Waals surface area contributed by atoms with Crippen LogP contribution in [0.15, 0.2) is 35.3 Å². The maximum absolute atomic E-state index is 14.6. The number of piperazine rings is 1. The first kappa shape index (κ1) is 34.9. The van der Waals surface area contributed by atoms with Gasteiger partial charge < -0.3 is 19.7 Å². The third kappa shape index (κ3) is 11.1. The highest BCUT2D eigenvalue weighted by Gasteiger charge is 2.17. The van der Waals surface area contributed by atoms with Crippen LogP contribution in [0.3, 0.4) is 0 Å². The van der Waals surface area contributed by atoms with E-state index in [0.717, 1.165) is 51.2 Å². The SMILES string of the molecule is CC.CC.CCN(C)SNc1ccc(F)c(Oc2ccc(N=CN(C=O)CCN3CCNCC3)c(C)c2)c1C#N. The molecule has 2 aromatic rings. The number of nitrogens with zero attached hydrogens (tertiary/aromatic N) is 5. The topological polar surface area (TPSA) is 96.2 Å². The fourth-order valence-electron chi connectivity index (χ4n) is 3.46. The molecule has 2 aromatic carbocycles. The van der Waals surface area contributed by atoms with E-state index in [1.165, 1.54) is 35.5 Å². The largest absolute Gasteiger partial charge is 0.453 e. The molecule has 1 aliphatic rings. The van der Waals surface area contributed by atoms with Gasteiger partial charge in [-0.25, -0.2) is 13.7 Å². The fraction of sp³-hybridized carbons (Fsp3) is 0.483. The molecule has 0 aliphatic carbocycles. The van der Waals surface area contributed by atoms with Crippen molar-refractivity contribution >= 4 is 36.3 Å². The number of nitriles is 1. The molecule has 40 heavy (non-hydrogen) atoms. The number of anilines is 1. The van der Waals surface area contributed by atoms with Gasteiger partial charge in [0.25, 0.3) is 0 Å². The number of carbonyl (C=O) groups is 1. The van der Waals surface area contributed by atoms with Crippen LogP contribution in [-0.4, -0.2) is 79.7 Å². The van der Waals surface area contributed by atoms with Gasteiger partial charge in [0.2, 0.25) is 6.41 Å². The minimum atomic E-state index is -0.628. The van der Waals surface area contributed by atoms with Crippen LogP contribution in [0.4, 0.5) is 15.8 Å².